The van der Waals surface area contributed by atoms with Gasteiger partial charge in [-0.3, -0.25) is 4.79 Å². The molecule has 1 aliphatic heterocycles. The summed E-state index contributed by atoms with van der Waals surface area (Å²) in [6.45, 7) is 3.05. The minimum atomic E-state index is 0.00590. The maximum absolute atomic E-state index is 12.4. The fourth-order valence-electron chi connectivity index (χ4n) is 2.95. The minimum absolute atomic E-state index is 0.00590. The lowest BCUT2D eigenvalue weighted by molar-refractivity contribution is 0.0926. The number of rotatable bonds is 2. The molecular weight excluding hydrogens is 254 g/mol. The Morgan fingerprint density at radius 3 is 2.45 bits per heavy atom. The van der Waals surface area contributed by atoms with Crippen LogP contribution in [0.5, 0.6) is 11.5 Å². The number of benzene rings is 1. The standard InChI is InChI=1S/C16H21NO3/c1-11-9-14-15(20-8-7-19-14)10-13(11)16(18)17-12-5-3-2-4-6-12/h9-10,12H,2-8H2,1H3,(H,17,18). The van der Waals surface area contributed by atoms with Crippen molar-refractivity contribution in [1.82, 2.24) is 5.32 Å². The van der Waals surface area contributed by atoms with Gasteiger partial charge in [-0.05, 0) is 37.5 Å². The molecule has 1 N–H and O–H groups in total. The Morgan fingerprint density at radius 1 is 1.10 bits per heavy atom. The van der Waals surface area contributed by atoms with Gasteiger partial charge in [-0.15, -0.1) is 0 Å². The predicted octanol–water partition coefficient (Wildman–Crippen LogP) is 2.83. The topological polar surface area (TPSA) is 47.6 Å². The van der Waals surface area contributed by atoms with Crippen LogP contribution in [0.1, 0.15) is 48.0 Å². The third-order valence-electron chi connectivity index (χ3n) is 4.07. The summed E-state index contributed by atoms with van der Waals surface area (Å²) in [6, 6.07) is 4.02. The highest BCUT2D eigenvalue weighted by molar-refractivity contribution is 5.96. The number of nitrogens with one attached hydrogen (secondary N) is 1. The summed E-state index contributed by atoms with van der Waals surface area (Å²) in [6.07, 6.45) is 5.90. The molecule has 1 aromatic rings. The van der Waals surface area contributed by atoms with Crippen LogP contribution < -0.4 is 14.8 Å². The van der Waals surface area contributed by atoms with Crippen molar-refractivity contribution < 1.29 is 14.3 Å². The van der Waals surface area contributed by atoms with E-state index < -0.39 is 0 Å². The summed E-state index contributed by atoms with van der Waals surface area (Å²) in [5.41, 5.74) is 1.63. The van der Waals surface area contributed by atoms with Gasteiger partial charge in [0.2, 0.25) is 0 Å². The van der Waals surface area contributed by atoms with E-state index in [-0.39, 0.29) is 5.91 Å². The highest BCUT2D eigenvalue weighted by Crippen LogP contribution is 2.33. The van der Waals surface area contributed by atoms with Gasteiger partial charge in [0.05, 0.1) is 0 Å². The molecule has 0 unspecified atom stereocenters. The van der Waals surface area contributed by atoms with E-state index in [1.807, 2.05) is 19.1 Å². The normalized spacial score (nSPS) is 18.6. The number of fused-ring (bicyclic) bond motifs is 1. The van der Waals surface area contributed by atoms with Crippen molar-refractivity contribution in [3.05, 3.63) is 23.3 Å². The number of ether oxygens (including phenoxy) is 2. The van der Waals surface area contributed by atoms with Crippen LogP contribution in [0.25, 0.3) is 0 Å². The van der Waals surface area contributed by atoms with Crippen LogP contribution in [0.15, 0.2) is 12.1 Å². The Morgan fingerprint density at radius 2 is 1.75 bits per heavy atom. The molecule has 2 aliphatic rings. The molecule has 1 fully saturated rings. The molecule has 0 bridgehead atoms. The highest BCUT2D eigenvalue weighted by atomic mass is 16.6. The number of hydrogen-bond donors (Lipinski definition) is 1. The van der Waals surface area contributed by atoms with Crippen LogP contribution in [-0.2, 0) is 0 Å². The third-order valence-corrected chi connectivity index (χ3v) is 4.07. The van der Waals surface area contributed by atoms with Crippen molar-refractivity contribution >= 4 is 5.91 Å². The molecule has 1 aromatic carbocycles. The molecule has 1 aliphatic carbocycles. The molecule has 0 saturated heterocycles. The van der Waals surface area contributed by atoms with E-state index in [1.165, 1.54) is 19.3 Å². The van der Waals surface area contributed by atoms with Crippen molar-refractivity contribution in [3.63, 3.8) is 0 Å². The average Bonchev–Trinajstić information content (AvgIpc) is 2.47. The molecule has 0 aromatic heterocycles. The average molecular weight is 275 g/mol. The second-order valence-corrected chi connectivity index (χ2v) is 5.62. The first-order valence-corrected chi connectivity index (χ1v) is 7.45. The van der Waals surface area contributed by atoms with Crippen LogP contribution in [0.3, 0.4) is 0 Å². The van der Waals surface area contributed by atoms with Gasteiger partial charge in [0.1, 0.15) is 13.2 Å². The Balaban J connectivity index is 1.76. The number of aryl methyl sites for hydroxylation is 1. The lowest BCUT2D eigenvalue weighted by Gasteiger charge is -2.24. The first-order valence-electron chi connectivity index (χ1n) is 7.45. The zero-order valence-corrected chi connectivity index (χ0v) is 11.9. The van der Waals surface area contributed by atoms with Gasteiger partial charge >= 0.3 is 0 Å². The largest absolute Gasteiger partial charge is 0.486 e. The van der Waals surface area contributed by atoms with E-state index in [1.54, 1.807) is 0 Å². The first-order chi connectivity index (χ1) is 9.74. The molecule has 20 heavy (non-hydrogen) atoms. The van der Waals surface area contributed by atoms with Gasteiger partial charge in [-0.2, -0.15) is 0 Å². The molecule has 1 amide bonds. The van der Waals surface area contributed by atoms with Crippen LogP contribution in [0.2, 0.25) is 0 Å². The molecule has 0 spiro atoms. The highest BCUT2D eigenvalue weighted by Gasteiger charge is 2.21. The molecule has 1 saturated carbocycles. The Labute approximate surface area is 119 Å². The molecule has 1 heterocycles. The fraction of sp³-hybridized carbons (Fsp3) is 0.562. The SMILES string of the molecule is Cc1cc2c(cc1C(=O)NC1CCCCC1)OCCO2. The van der Waals surface area contributed by atoms with Gasteiger partial charge in [-0.25, -0.2) is 0 Å². The predicted molar refractivity (Wildman–Crippen MR) is 76.5 cm³/mol. The zero-order chi connectivity index (χ0) is 13.9. The Hall–Kier alpha value is -1.71. The lowest BCUT2D eigenvalue weighted by Crippen LogP contribution is -2.36. The van der Waals surface area contributed by atoms with E-state index in [4.69, 9.17) is 9.47 Å². The summed E-state index contributed by atoms with van der Waals surface area (Å²) in [4.78, 5) is 12.4. The van der Waals surface area contributed by atoms with E-state index in [9.17, 15) is 4.79 Å². The monoisotopic (exact) mass is 275 g/mol. The molecule has 0 atom stereocenters. The van der Waals surface area contributed by atoms with Crippen molar-refractivity contribution in [2.75, 3.05) is 13.2 Å². The van der Waals surface area contributed by atoms with E-state index >= 15 is 0 Å². The summed E-state index contributed by atoms with van der Waals surface area (Å²) >= 11 is 0. The van der Waals surface area contributed by atoms with Gasteiger partial charge in [0.25, 0.3) is 5.91 Å². The number of amides is 1. The maximum Gasteiger partial charge on any atom is 0.251 e. The second-order valence-electron chi connectivity index (χ2n) is 5.62. The van der Waals surface area contributed by atoms with Crippen LogP contribution in [-0.4, -0.2) is 25.2 Å². The lowest BCUT2D eigenvalue weighted by atomic mass is 9.95. The van der Waals surface area contributed by atoms with Gasteiger partial charge in [-0.1, -0.05) is 19.3 Å². The quantitative estimate of drug-likeness (QED) is 0.903. The van der Waals surface area contributed by atoms with E-state index in [0.29, 0.717) is 30.6 Å². The van der Waals surface area contributed by atoms with Crippen molar-refractivity contribution in [3.8, 4) is 11.5 Å². The molecule has 4 nitrogen and oxygen atoms in total. The summed E-state index contributed by atoms with van der Waals surface area (Å²) in [5.74, 6) is 1.42. The zero-order valence-electron chi connectivity index (χ0n) is 11.9. The molecule has 4 heteroatoms. The molecular formula is C16H21NO3. The Kier molecular flexibility index (Phi) is 3.81. The smallest absolute Gasteiger partial charge is 0.251 e. The second kappa shape index (κ2) is 5.73. The minimum Gasteiger partial charge on any atom is -0.486 e. The number of carbonyl (C=O) groups is 1. The van der Waals surface area contributed by atoms with Crippen LogP contribution >= 0.6 is 0 Å². The maximum atomic E-state index is 12.4. The van der Waals surface area contributed by atoms with E-state index in [2.05, 4.69) is 5.32 Å². The summed E-state index contributed by atoms with van der Waals surface area (Å²) in [7, 11) is 0. The molecule has 108 valence electrons. The van der Waals surface area contributed by atoms with Crippen molar-refractivity contribution in [2.45, 2.75) is 45.1 Å². The van der Waals surface area contributed by atoms with Crippen LogP contribution in [0.4, 0.5) is 0 Å². The summed E-state index contributed by atoms with van der Waals surface area (Å²) < 4.78 is 11.1. The van der Waals surface area contributed by atoms with Crippen LogP contribution in [0, 0.1) is 6.92 Å². The molecule has 0 radical (unpaired) electrons. The summed E-state index contributed by atoms with van der Waals surface area (Å²) in [5, 5.41) is 3.15. The number of hydrogen-bond acceptors (Lipinski definition) is 3. The van der Waals surface area contributed by atoms with Crippen molar-refractivity contribution in [2.24, 2.45) is 0 Å². The first kappa shape index (κ1) is 13.3. The number of carbonyl (C=O) groups excluding carboxylic acids is 1. The van der Waals surface area contributed by atoms with Gasteiger partial charge in [0, 0.05) is 11.6 Å². The molecule has 3 rings (SSSR count). The van der Waals surface area contributed by atoms with Gasteiger partial charge in [0.15, 0.2) is 11.5 Å². The van der Waals surface area contributed by atoms with Crippen molar-refractivity contribution in [1.29, 1.82) is 0 Å². The fourth-order valence-corrected chi connectivity index (χ4v) is 2.95. The van der Waals surface area contributed by atoms with Gasteiger partial charge < -0.3 is 14.8 Å². The van der Waals surface area contributed by atoms with E-state index in [0.717, 1.165) is 24.2 Å². The Bertz CT molecular complexity index is 507. The third kappa shape index (κ3) is 2.74.